The molecule has 1 aliphatic rings. The summed E-state index contributed by atoms with van der Waals surface area (Å²) >= 11 is 1.41. The molecule has 1 aromatic carbocycles. The molecule has 1 saturated heterocycles. The van der Waals surface area contributed by atoms with Crippen LogP contribution >= 0.6 is 11.3 Å². The quantitative estimate of drug-likeness (QED) is 0.910. The highest BCUT2D eigenvalue weighted by atomic mass is 32.1. The number of hydrogen-bond acceptors (Lipinski definition) is 5. The molecule has 0 atom stereocenters. The minimum absolute atomic E-state index is 0.190. The van der Waals surface area contributed by atoms with Crippen LogP contribution in [0.4, 0.5) is 11.4 Å². The fraction of sp³-hybridized carbons (Fsp3) is 0.333. The molecule has 3 rings (SSSR count). The van der Waals surface area contributed by atoms with Crippen LogP contribution in [0.5, 0.6) is 0 Å². The van der Waals surface area contributed by atoms with Crippen molar-refractivity contribution >= 4 is 28.6 Å². The second kappa shape index (κ2) is 6.24. The van der Waals surface area contributed by atoms with Gasteiger partial charge in [0, 0.05) is 36.4 Å². The topological polar surface area (TPSA) is 71.2 Å². The molecular weight excluding hydrogens is 284 g/mol. The number of hydrogen-bond donors (Lipinski definition) is 2. The van der Waals surface area contributed by atoms with E-state index in [1.807, 2.05) is 18.2 Å². The van der Waals surface area contributed by atoms with Crippen LogP contribution < -0.4 is 16.0 Å². The van der Waals surface area contributed by atoms with Gasteiger partial charge in [-0.15, -0.1) is 11.3 Å². The third-order valence-electron chi connectivity index (χ3n) is 3.53. The lowest BCUT2D eigenvalue weighted by atomic mass is 10.2. The third kappa shape index (κ3) is 3.22. The minimum Gasteiger partial charge on any atom is -0.371 e. The Balaban J connectivity index is 1.72. The Hall–Kier alpha value is -1.92. The molecule has 2 aromatic rings. The molecule has 2 heterocycles. The van der Waals surface area contributed by atoms with Crippen molar-refractivity contribution in [3.63, 3.8) is 0 Å². The van der Waals surface area contributed by atoms with Crippen molar-refractivity contribution in [3.8, 4) is 0 Å². The van der Waals surface area contributed by atoms with Crippen molar-refractivity contribution in [2.75, 3.05) is 23.3 Å². The van der Waals surface area contributed by atoms with Crippen molar-refractivity contribution < 1.29 is 4.79 Å². The molecule has 1 amide bonds. The maximum Gasteiger partial charge on any atom is 0.275 e. The number of nitrogens with zero attached hydrogens (tertiary/aromatic N) is 2. The number of nitrogens with two attached hydrogens (primary N) is 1. The van der Waals surface area contributed by atoms with Gasteiger partial charge < -0.3 is 16.0 Å². The first-order valence-corrected chi connectivity index (χ1v) is 7.95. The maximum atomic E-state index is 12.2. The Morgan fingerprint density at radius 2 is 2.19 bits per heavy atom. The molecular formula is C15H18N4OS. The average molecular weight is 302 g/mol. The Morgan fingerprint density at radius 3 is 2.90 bits per heavy atom. The molecule has 1 aliphatic heterocycles. The summed E-state index contributed by atoms with van der Waals surface area (Å²) in [5.74, 6) is -0.190. The zero-order valence-corrected chi connectivity index (χ0v) is 12.5. The Bertz CT molecular complexity index is 634. The van der Waals surface area contributed by atoms with Crippen molar-refractivity contribution in [2.24, 2.45) is 5.73 Å². The zero-order chi connectivity index (χ0) is 14.7. The SMILES string of the molecule is NCc1nc(C(=O)Nc2cccc(N3CCCC3)c2)cs1. The molecule has 0 spiro atoms. The molecule has 3 N–H and O–H groups in total. The van der Waals surface area contributed by atoms with Crippen LogP contribution in [-0.4, -0.2) is 24.0 Å². The van der Waals surface area contributed by atoms with E-state index in [1.165, 1.54) is 24.2 Å². The van der Waals surface area contributed by atoms with Gasteiger partial charge in [-0.25, -0.2) is 4.98 Å². The summed E-state index contributed by atoms with van der Waals surface area (Å²) < 4.78 is 0. The largest absolute Gasteiger partial charge is 0.371 e. The van der Waals surface area contributed by atoms with Crippen LogP contribution in [0.1, 0.15) is 28.3 Å². The summed E-state index contributed by atoms with van der Waals surface area (Å²) in [6.45, 7) is 2.54. The van der Waals surface area contributed by atoms with Gasteiger partial charge in [0.2, 0.25) is 0 Å². The maximum absolute atomic E-state index is 12.2. The van der Waals surface area contributed by atoms with E-state index in [4.69, 9.17) is 5.73 Å². The molecule has 110 valence electrons. The molecule has 0 aliphatic carbocycles. The molecule has 0 unspecified atom stereocenters. The predicted molar refractivity (Wildman–Crippen MR) is 85.8 cm³/mol. The minimum atomic E-state index is -0.190. The number of nitrogens with one attached hydrogen (secondary N) is 1. The van der Waals surface area contributed by atoms with Gasteiger partial charge in [-0.1, -0.05) is 6.07 Å². The van der Waals surface area contributed by atoms with Crippen LogP contribution in [0.15, 0.2) is 29.6 Å². The normalized spacial score (nSPS) is 14.4. The average Bonchev–Trinajstić information content (AvgIpc) is 3.19. The van der Waals surface area contributed by atoms with E-state index in [0.717, 1.165) is 29.5 Å². The summed E-state index contributed by atoms with van der Waals surface area (Å²) in [7, 11) is 0. The monoisotopic (exact) mass is 302 g/mol. The summed E-state index contributed by atoms with van der Waals surface area (Å²) in [5, 5.41) is 5.40. The van der Waals surface area contributed by atoms with Gasteiger partial charge in [-0.2, -0.15) is 0 Å². The molecule has 21 heavy (non-hydrogen) atoms. The number of carbonyl (C=O) groups excluding carboxylic acids is 1. The molecule has 0 saturated carbocycles. The second-order valence-corrected chi connectivity index (χ2v) is 5.97. The molecule has 0 radical (unpaired) electrons. The zero-order valence-electron chi connectivity index (χ0n) is 11.7. The smallest absolute Gasteiger partial charge is 0.275 e. The van der Waals surface area contributed by atoms with E-state index in [-0.39, 0.29) is 5.91 Å². The van der Waals surface area contributed by atoms with Crippen LogP contribution in [0, 0.1) is 0 Å². The molecule has 1 fully saturated rings. The van der Waals surface area contributed by atoms with Gasteiger partial charge >= 0.3 is 0 Å². The summed E-state index contributed by atoms with van der Waals surface area (Å²) in [6, 6.07) is 7.96. The lowest BCUT2D eigenvalue weighted by Gasteiger charge is -2.18. The first-order valence-electron chi connectivity index (χ1n) is 7.07. The number of amides is 1. The molecule has 1 aromatic heterocycles. The van der Waals surface area contributed by atoms with E-state index in [1.54, 1.807) is 5.38 Å². The Labute approximate surface area is 127 Å². The van der Waals surface area contributed by atoms with Gasteiger partial charge in [-0.3, -0.25) is 4.79 Å². The van der Waals surface area contributed by atoms with E-state index in [9.17, 15) is 4.79 Å². The first kappa shape index (κ1) is 14.0. The number of aromatic nitrogens is 1. The highest BCUT2D eigenvalue weighted by molar-refractivity contribution is 7.09. The van der Waals surface area contributed by atoms with Crippen LogP contribution in [0.2, 0.25) is 0 Å². The summed E-state index contributed by atoms with van der Waals surface area (Å²) in [4.78, 5) is 18.7. The van der Waals surface area contributed by atoms with Gasteiger partial charge in [0.25, 0.3) is 5.91 Å². The number of anilines is 2. The van der Waals surface area contributed by atoms with E-state index < -0.39 is 0 Å². The van der Waals surface area contributed by atoms with Crippen molar-refractivity contribution in [2.45, 2.75) is 19.4 Å². The van der Waals surface area contributed by atoms with E-state index in [2.05, 4.69) is 21.3 Å². The lowest BCUT2D eigenvalue weighted by Crippen LogP contribution is -2.18. The Kier molecular flexibility index (Phi) is 4.17. The second-order valence-electron chi connectivity index (χ2n) is 5.03. The molecule has 0 bridgehead atoms. The fourth-order valence-electron chi connectivity index (χ4n) is 2.46. The van der Waals surface area contributed by atoms with Crippen molar-refractivity contribution in [3.05, 3.63) is 40.3 Å². The molecule has 6 heteroatoms. The standard InChI is InChI=1S/C15H18N4OS/c16-9-14-18-13(10-21-14)15(20)17-11-4-3-5-12(8-11)19-6-1-2-7-19/h3-5,8,10H,1-2,6-7,9,16H2,(H,17,20). The summed E-state index contributed by atoms with van der Waals surface area (Å²) in [6.07, 6.45) is 2.47. The van der Waals surface area contributed by atoms with Gasteiger partial charge in [0.05, 0.1) is 0 Å². The van der Waals surface area contributed by atoms with Crippen LogP contribution in [0.25, 0.3) is 0 Å². The van der Waals surface area contributed by atoms with E-state index >= 15 is 0 Å². The number of carbonyl (C=O) groups is 1. The van der Waals surface area contributed by atoms with Gasteiger partial charge in [0.1, 0.15) is 10.7 Å². The first-order chi connectivity index (χ1) is 10.3. The van der Waals surface area contributed by atoms with Crippen LogP contribution in [0.3, 0.4) is 0 Å². The lowest BCUT2D eigenvalue weighted by molar-refractivity contribution is 0.102. The van der Waals surface area contributed by atoms with Crippen molar-refractivity contribution in [1.82, 2.24) is 4.98 Å². The number of rotatable bonds is 4. The van der Waals surface area contributed by atoms with E-state index in [0.29, 0.717) is 12.2 Å². The van der Waals surface area contributed by atoms with Crippen molar-refractivity contribution in [1.29, 1.82) is 0 Å². The van der Waals surface area contributed by atoms with Gasteiger partial charge in [0.15, 0.2) is 0 Å². The molecule has 5 nitrogen and oxygen atoms in total. The third-order valence-corrected chi connectivity index (χ3v) is 4.41. The highest BCUT2D eigenvalue weighted by Crippen LogP contribution is 2.23. The number of benzene rings is 1. The predicted octanol–water partition coefficient (Wildman–Crippen LogP) is 2.45. The number of thiazole rings is 1. The fourth-order valence-corrected chi connectivity index (χ4v) is 3.11. The van der Waals surface area contributed by atoms with Gasteiger partial charge in [-0.05, 0) is 31.0 Å². The highest BCUT2D eigenvalue weighted by Gasteiger charge is 2.14. The summed E-state index contributed by atoms with van der Waals surface area (Å²) in [5.41, 5.74) is 7.90. The van der Waals surface area contributed by atoms with Crippen LogP contribution in [-0.2, 0) is 6.54 Å². The Morgan fingerprint density at radius 1 is 1.38 bits per heavy atom.